The predicted octanol–water partition coefficient (Wildman–Crippen LogP) is 2.26. The summed E-state index contributed by atoms with van der Waals surface area (Å²) in [7, 11) is 0. The third-order valence-corrected chi connectivity index (χ3v) is 4.19. The molecule has 1 aliphatic rings. The monoisotopic (exact) mass is 337 g/mol. The first kappa shape index (κ1) is 15.8. The minimum atomic E-state index is -0.511. The van der Waals surface area contributed by atoms with Gasteiger partial charge in [0.25, 0.3) is 5.91 Å². The number of imidazole rings is 1. The number of para-hydroxylation sites is 2. The molecule has 0 unspecified atom stereocenters. The van der Waals surface area contributed by atoms with E-state index in [0.717, 1.165) is 28.0 Å². The number of hydrogen-bond donors (Lipinski definition) is 2. The third kappa shape index (κ3) is 3.55. The van der Waals surface area contributed by atoms with E-state index in [4.69, 9.17) is 9.47 Å². The Morgan fingerprint density at radius 2 is 2.00 bits per heavy atom. The lowest BCUT2D eigenvalue weighted by Crippen LogP contribution is -2.42. The van der Waals surface area contributed by atoms with Crippen LogP contribution in [0.2, 0.25) is 0 Å². The molecular weight excluding hydrogens is 318 g/mol. The average molecular weight is 337 g/mol. The van der Waals surface area contributed by atoms with E-state index >= 15 is 0 Å². The summed E-state index contributed by atoms with van der Waals surface area (Å²) in [6.07, 6.45) is -0.511. The van der Waals surface area contributed by atoms with Crippen LogP contribution in [0.5, 0.6) is 0 Å². The number of rotatable bonds is 4. The van der Waals surface area contributed by atoms with Crippen molar-refractivity contribution in [1.82, 2.24) is 15.3 Å². The Bertz CT molecular complexity index is 834. The van der Waals surface area contributed by atoms with Gasteiger partial charge in [-0.1, -0.05) is 36.4 Å². The minimum absolute atomic E-state index is 0.138. The maximum atomic E-state index is 12.0. The second-order valence-corrected chi connectivity index (χ2v) is 5.95. The summed E-state index contributed by atoms with van der Waals surface area (Å²) in [6.45, 7) is 1.78. The van der Waals surface area contributed by atoms with E-state index in [0.29, 0.717) is 26.4 Å². The van der Waals surface area contributed by atoms with Gasteiger partial charge in [-0.05, 0) is 17.7 Å². The second-order valence-electron chi connectivity index (χ2n) is 5.95. The number of aromatic nitrogens is 2. The average Bonchev–Trinajstić information content (AvgIpc) is 3.11. The highest BCUT2D eigenvalue weighted by Gasteiger charge is 2.22. The number of H-pyrrole nitrogens is 1. The van der Waals surface area contributed by atoms with Gasteiger partial charge in [-0.25, -0.2) is 4.98 Å². The fourth-order valence-electron chi connectivity index (χ4n) is 2.81. The molecule has 1 aromatic heterocycles. The van der Waals surface area contributed by atoms with Crippen molar-refractivity contribution in [2.45, 2.75) is 12.6 Å². The van der Waals surface area contributed by atoms with Gasteiger partial charge in [-0.3, -0.25) is 4.79 Å². The number of carbonyl (C=O) groups is 1. The summed E-state index contributed by atoms with van der Waals surface area (Å²) < 4.78 is 10.6. The molecule has 1 fully saturated rings. The molecular formula is C19H19N3O3. The number of carbonyl (C=O) groups excluding carboxylic acids is 1. The molecule has 2 N–H and O–H groups in total. The zero-order valence-electron chi connectivity index (χ0n) is 13.7. The fourth-order valence-corrected chi connectivity index (χ4v) is 2.81. The number of nitrogens with zero attached hydrogens (tertiary/aromatic N) is 1. The molecule has 3 aromatic rings. The van der Waals surface area contributed by atoms with Crippen LogP contribution < -0.4 is 5.32 Å². The van der Waals surface area contributed by atoms with E-state index in [-0.39, 0.29) is 5.91 Å². The number of nitrogens with one attached hydrogen (secondary N) is 2. The summed E-state index contributed by atoms with van der Waals surface area (Å²) in [5.74, 6) is 0.700. The molecule has 0 saturated carbocycles. The Morgan fingerprint density at radius 3 is 2.76 bits per heavy atom. The lowest BCUT2D eigenvalue weighted by Gasteiger charge is -2.22. The van der Waals surface area contributed by atoms with Gasteiger partial charge >= 0.3 is 0 Å². The van der Waals surface area contributed by atoms with E-state index in [1.165, 1.54) is 0 Å². The zero-order chi connectivity index (χ0) is 17.1. The third-order valence-electron chi connectivity index (χ3n) is 4.19. The van der Waals surface area contributed by atoms with Crippen molar-refractivity contribution in [1.29, 1.82) is 0 Å². The van der Waals surface area contributed by atoms with Gasteiger partial charge in [-0.15, -0.1) is 0 Å². The van der Waals surface area contributed by atoms with Crippen LogP contribution in [0.1, 0.15) is 5.56 Å². The smallest absolute Gasteiger partial charge is 0.251 e. The second kappa shape index (κ2) is 7.04. The lowest BCUT2D eigenvalue weighted by molar-refractivity contribution is -0.147. The molecule has 4 rings (SSSR count). The molecule has 0 bridgehead atoms. The summed E-state index contributed by atoms with van der Waals surface area (Å²) >= 11 is 0. The standard InChI is InChI=1S/C19H19N3O3/c23-19(17-12-24-9-10-25-17)20-11-13-5-7-14(8-6-13)18-21-15-3-1-2-4-16(15)22-18/h1-8,17H,9-12H2,(H,20,23)(H,21,22)/t17-/m0/s1. The van der Waals surface area contributed by atoms with Crippen molar-refractivity contribution in [2.24, 2.45) is 0 Å². The van der Waals surface area contributed by atoms with E-state index in [1.807, 2.05) is 48.5 Å². The SMILES string of the molecule is O=C(NCc1ccc(-c2nc3ccccc3[nH]2)cc1)[C@@H]1COCCO1. The van der Waals surface area contributed by atoms with Crippen LogP contribution in [0, 0.1) is 0 Å². The molecule has 1 atom stereocenters. The van der Waals surface area contributed by atoms with E-state index in [1.54, 1.807) is 0 Å². The van der Waals surface area contributed by atoms with Crippen molar-refractivity contribution < 1.29 is 14.3 Å². The summed E-state index contributed by atoms with van der Waals surface area (Å²) in [6, 6.07) is 15.9. The Balaban J connectivity index is 1.40. The number of benzene rings is 2. The van der Waals surface area contributed by atoms with Crippen molar-refractivity contribution in [3.05, 3.63) is 54.1 Å². The number of hydrogen-bond acceptors (Lipinski definition) is 4. The minimum Gasteiger partial charge on any atom is -0.376 e. The maximum Gasteiger partial charge on any atom is 0.251 e. The number of fused-ring (bicyclic) bond motifs is 1. The first-order chi connectivity index (χ1) is 12.3. The van der Waals surface area contributed by atoms with Crippen molar-refractivity contribution in [2.75, 3.05) is 19.8 Å². The quantitative estimate of drug-likeness (QED) is 0.766. The lowest BCUT2D eigenvalue weighted by atomic mass is 10.1. The molecule has 0 radical (unpaired) electrons. The molecule has 6 nitrogen and oxygen atoms in total. The zero-order valence-corrected chi connectivity index (χ0v) is 13.7. The highest BCUT2D eigenvalue weighted by molar-refractivity contribution is 5.81. The number of ether oxygens (including phenoxy) is 2. The van der Waals surface area contributed by atoms with Crippen LogP contribution >= 0.6 is 0 Å². The molecule has 128 valence electrons. The molecule has 1 aliphatic heterocycles. The summed E-state index contributed by atoms with van der Waals surface area (Å²) in [5, 5.41) is 2.88. The van der Waals surface area contributed by atoms with Crippen LogP contribution in [0.25, 0.3) is 22.4 Å². The van der Waals surface area contributed by atoms with Crippen LogP contribution in [0.3, 0.4) is 0 Å². The highest BCUT2D eigenvalue weighted by atomic mass is 16.6. The molecule has 25 heavy (non-hydrogen) atoms. The van der Waals surface area contributed by atoms with Gasteiger partial charge in [0.15, 0.2) is 6.10 Å². The van der Waals surface area contributed by atoms with Crippen LogP contribution in [0.4, 0.5) is 0 Å². The normalized spacial score (nSPS) is 17.5. The first-order valence-corrected chi connectivity index (χ1v) is 8.31. The molecule has 2 heterocycles. The molecule has 1 saturated heterocycles. The van der Waals surface area contributed by atoms with Crippen molar-refractivity contribution in [3.63, 3.8) is 0 Å². The molecule has 0 aliphatic carbocycles. The topological polar surface area (TPSA) is 76.2 Å². The van der Waals surface area contributed by atoms with Crippen LogP contribution in [-0.4, -0.2) is 41.8 Å². The van der Waals surface area contributed by atoms with Crippen LogP contribution in [-0.2, 0) is 20.8 Å². The Hall–Kier alpha value is -2.70. The highest BCUT2D eigenvalue weighted by Crippen LogP contribution is 2.20. The van der Waals surface area contributed by atoms with Gasteiger partial charge in [0.2, 0.25) is 0 Å². The maximum absolute atomic E-state index is 12.0. The Labute approximate surface area is 145 Å². The van der Waals surface area contributed by atoms with E-state index in [2.05, 4.69) is 15.3 Å². The van der Waals surface area contributed by atoms with Crippen molar-refractivity contribution >= 4 is 16.9 Å². The van der Waals surface area contributed by atoms with E-state index in [9.17, 15) is 4.79 Å². The van der Waals surface area contributed by atoms with Gasteiger partial charge in [0.05, 0.1) is 30.9 Å². The number of aromatic amines is 1. The van der Waals surface area contributed by atoms with E-state index < -0.39 is 6.10 Å². The predicted molar refractivity (Wildman–Crippen MR) is 93.9 cm³/mol. The fraction of sp³-hybridized carbons (Fsp3) is 0.263. The summed E-state index contributed by atoms with van der Waals surface area (Å²) in [5.41, 5.74) is 3.99. The van der Waals surface area contributed by atoms with Crippen molar-refractivity contribution in [3.8, 4) is 11.4 Å². The first-order valence-electron chi connectivity index (χ1n) is 8.31. The molecule has 2 aromatic carbocycles. The van der Waals surface area contributed by atoms with Gasteiger partial charge in [-0.2, -0.15) is 0 Å². The Morgan fingerprint density at radius 1 is 1.16 bits per heavy atom. The Kier molecular flexibility index (Phi) is 4.45. The largest absolute Gasteiger partial charge is 0.376 e. The molecule has 0 spiro atoms. The number of amides is 1. The van der Waals surface area contributed by atoms with Crippen LogP contribution in [0.15, 0.2) is 48.5 Å². The van der Waals surface area contributed by atoms with Gasteiger partial charge in [0.1, 0.15) is 5.82 Å². The van der Waals surface area contributed by atoms with Gasteiger partial charge in [0, 0.05) is 12.1 Å². The molecule has 6 heteroatoms. The summed E-state index contributed by atoms with van der Waals surface area (Å²) in [4.78, 5) is 19.9. The molecule has 1 amide bonds. The van der Waals surface area contributed by atoms with Gasteiger partial charge < -0.3 is 19.8 Å².